The highest BCUT2D eigenvalue weighted by Crippen LogP contribution is 2.43. The molecule has 0 fully saturated rings. The van der Waals surface area contributed by atoms with Crippen LogP contribution in [-0.4, -0.2) is 117 Å². The lowest BCUT2D eigenvalue weighted by molar-refractivity contribution is 0.161. The lowest BCUT2D eigenvalue weighted by Crippen LogP contribution is -2.29. The molecule has 30 nitrogen and oxygen atoms in total. The Kier molecular flexibility index (Phi) is 38.0. The highest BCUT2D eigenvalue weighted by atomic mass is 32.2. The molecule has 5 aromatic heterocycles. The number of nitriles is 5. The SMILES string of the molecule is CCCNC(=O)Nc1ccc(-c2c(C#N)c3ccc(OC)cc3n2CC)cc1.CCCOC(=O)Nc1ccc(-c2c(C#N)c3ccc(OC)cc3n2CCC)cc1.CCCn1c(-c2ccc(NC(=O)NCC)cc2)c(C#N)c2ccc(OC)cc21.CCCn1c(-c2ccc(NC(=O)OCC)cc2)c(C#N)c2ccc(OC)cc21.CCCn1c(-c2ccc(NS(=O)(=O)Cc3ccccc3)cc2)c(C#N)c2ccc(OC)cc21. The number of aryl methyl sites for hydroxylation is 5. The van der Waals surface area contributed by atoms with Gasteiger partial charge in [-0.1, -0.05) is 133 Å². The van der Waals surface area contributed by atoms with Crippen molar-refractivity contribution in [1.82, 2.24) is 33.5 Å². The van der Waals surface area contributed by atoms with Crippen molar-refractivity contribution in [2.24, 2.45) is 0 Å². The smallest absolute Gasteiger partial charge is 0.411 e. The van der Waals surface area contributed by atoms with Gasteiger partial charge in [0.15, 0.2) is 0 Å². The number of methoxy groups -OCH3 is 5. The van der Waals surface area contributed by atoms with E-state index in [1.807, 2.05) is 239 Å². The first-order valence-corrected chi connectivity index (χ1v) is 50.2. The van der Waals surface area contributed by atoms with Crippen molar-refractivity contribution in [3.8, 4) is 115 Å². The van der Waals surface area contributed by atoms with E-state index in [-0.39, 0.29) is 17.8 Å². The zero-order valence-electron chi connectivity index (χ0n) is 84.6. The van der Waals surface area contributed by atoms with Crippen LogP contribution in [0, 0.1) is 56.7 Å². The highest BCUT2D eigenvalue weighted by Gasteiger charge is 2.27. The van der Waals surface area contributed by atoms with Gasteiger partial charge < -0.3 is 77.3 Å². The number of benzene rings is 11. The van der Waals surface area contributed by atoms with Gasteiger partial charge in [0.25, 0.3) is 0 Å². The largest absolute Gasteiger partial charge is 0.497 e. The number of anilines is 5. The van der Waals surface area contributed by atoms with Gasteiger partial charge in [0, 0.05) is 132 Å². The molecule has 750 valence electrons. The number of amides is 6. The van der Waals surface area contributed by atoms with Crippen LogP contribution >= 0.6 is 0 Å². The first kappa shape index (κ1) is 107. The third-order valence-electron chi connectivity index (χ3n) is 23.9. The van der Waals surface area contributed by atoms with E-state index in [1.54, 1.807) is 66.7 Å². The normalized spacial score (nSPS) is 10.7. The molecule has 0 radical (unpaired) electrons. The average Bonchev–Trinajstić information content (AvgIpc) is 1.63. The maximum Gasteiger partial charge on any atom is 0.411 e. The van der Waals surface area contributed by atoms with Crippen molar-refractivity contribution in [2.45, 2.75) is 139 Å². The number of nitrogens with one attached hydrogen (secondary N) is 7. The second-order valence-corrected chi connectivity index (χ2v) is 35.4. The van der Waals surface area contributed by atoms with Crippen LogP contribution < -0.4 is 60.3 Å². The van der Waals surface area contributed by atoms with Crippen LogP contribution in [0.2, 0.25) is 0 Å². The number of urea groups is 2. The zero-order valence-corrected chi connectivity index (χ0v) is 85.4. The van der Waals surface area contributed by atoms with Crippen LogP contribution in [0.25, 0.3) is 111 Å². The Morgan fingerprint density at radius 1 is 0.315 bits per heavy atom. The number of aromatic nitrogens is 5. The summed E-state index contributed by atoms with van der Waals surface area (Å²) in [5, 5.41) is 70.3. The minimum absolute atomic E-state index is 0.0965. The van der Waals surface area contributed by atoms with Gasteiger partial charge in [0.2, 0.25) is 10.0 Å². The number of sulfonamides is 1. The minimum atomic E-state index is -3.54. The lowest BCUT2D eigenvalue weighted by Gasteiger charge is -2.12. The summed E-state index contributed by atoms with van der Waals surface area (Å²) in [5.74, 6) is 3.67. The molecule has 16 rings (SSSR count). The van der Waals surface area contributed by atoms with Crippen molar-refractivity contribution < 1.29 is 60.8 Å². The molecule has 0 atom stereocenters. The Hall–Kier alpha value is -17.6. The van der Waals surface area contributed by atoms with Gasteiger partial charge in [-0.2, -0.15) is 26.3 Å². The quantitative estimate of drug-likeness (QED) is 0.0201. The number of carbonyl (C=O) groups excluding carboxylic acids is 4. The van der Waals surface area contributed by atoms with Crippen LogP contribution in [0.1, 0.15) is 134 Å². The molecule has 0 aliphatic rings. The standard InChI is InChI=1S/C26H25N3O3S.C23H25N3O3.2C22H24N4O2.C22H23N3O3/c1-3-15-29-25-16-22(32-2)13-14-23(25)24(17-27)26(29)20-9-11-21(12-10-20)28-33(30,31)18-19-7-5-4-6-8-19;1-4-12-26-21-14-18(28-3)10-11-19(21)20(15-24)22(26)16-6-8-17(9-7-16)25-23(27)29-13-5-2;1-4-12-24-22(27)25-16-8-6-15(7-9-16)21-19(14-23)18-11-10-17(28-3)13-20(18)26(21)5-2;1-4-12-26-20-13-17(28-3)10-11-18(20)19(14-23)21(26)15-6-8-16(9-7-15)25-22(27)24-5-2;1-4-12-25-20-13-17(27-3)10-11-18(20)19(14-23)21(25)15-6-8-16(9-7-15)24-22(26)28-5-2/h4-14,16,28H,3,15,18H2,1-2H3;6-11,14H,4-5,12-13H2,1-3H3,(H,25,27);2*6-11,13H,4-5,12H2,1-3H3,(H2,24,25,27);6-11,13H,4-5,12H2,1-3H3,(H,24,26). The zero-order chi connectivity index (χ0) is 105. The van der Waals surface area contributed by atoms with E-state index in [0.717, 1.165) is 216 Å². The van der Waals surface area contributed by atoms with Crippen LogP contribution in [0.15, 0.2) is 243 Å². The third-order valence-corrected chi connectivity index (χ3v) is 25.1. The fourth-order valence-electron chi connectivity index (χ4n) is 17.4. The van der Waals surface area contributed by atoms with E-state index in [2.05, 4.69) is 124 Å². The summed E-state index contributed by atoms with van der Waals surface area (Å²) in [4.78, 5) is 46.9. The summed E-state index contributed by atoms with van der Waals surface area (Å²) in [6, 6.07) is 86.4. The highest BCUT2D eigenvalue weighted by molar-refractivity contribution is 7.91. The van der Waals surface area contributed by atoms with Crippen molar-refractivity contribution >= 4 is 117 Å². The van der Waals surface area contributed by atoms with Gasteiger partial charge in [-0.05, 0) is 214 Å². The number of ether oxygens (including phenoxy) is 7. The molecule has 0 aliphatic carbocycles. The van der Waals surface area contributed by atoms with Gasteiger partial charge in [0.05, 0.1) is 138 Å². The predicted molar refractivity (Wildman–Crippen MR) is 579 cm³/mol. The molecule has 6 amide bonds. The van der Waals surface area contributed by atoms with Crippen LogP contribution in [0.3, 0.4) is 0 Å². The Labute approximate surface area is 851 Å². The van der Waals surface area contributed by atoms with Gasteiger partial charge >= 0.3 is 24.2 Å². The lowest BCUT2D eigenvalue weighted by atomic mass is 10.1. The third kappa shape index (κ3) is 25.5. The van der Waals surface area contributed by atoms with Gasteiger partial charge in [-0.25, -0.2) is 27.6 Å². The first-order chi connectivity index (χ1) is 70.9. The second-order valence-electron chi connectivity index (χ2n) is 33.6. The monoisotopic (exact) mass is 1980 g/mol. The Morgan fingerprint density at radius 3 is 0.863 bits per heavy atom. The molecule has 5 heterocycles. The summed E-state index contributed by atoms with van der Waals surface area (Å²) in [6.45, 7) is 23.8. The van der Waals surface area contributed by atoms with Crippen molar-refractivity contribution in [3.63, 3.8) is 0 Å². The van der Waals surface area contributed by atoms with E-state index in [4.69, 9.17) is 33.2 Å². The molecule has 0 bridgehead atoms. The molecule has 0 saturated heterocycles. The van der Waals surface area contributed by atoms with E-state index < -0.39 is 22.2 Å². The van der Waals surface area contributed by atoms with E-state index in [9.17, 15) is 53.9 Å². The van der Waals surface area contributed by atoms with E-state index >= 15 is 0 Å². The maximum atomic E-state index is 12.6. The Balaban J connectivity index is 0.000000163. The van der Waals surface area contributed by atoms with Crippen LogP contribution in [0.4, 0.5) is 47.6 Å². The van der Waals surface area contributed by atoms with Crippen molar-refractivity contribution in [3.05, 3.63) is 276 Å². The molecule has 11 aromatic carbocycles. The number of nitrogens with zero attached hydrogens (tertiary/aromatic N) is 10. The number of carbonyl (C=O) groups is 4. The molecular formula is C115H121N17O13S. The summed E-state index contributed by atoms with van der Waals surface area (Å²) < 4.78 is 75.3. The predicted octanol–water partition coefficient (Wildman–Crippen LogP) is 25.7. The molecule has 31 heteroatoms. The fraction of sp³-hybridized carbons (Fsp3) is 0.261. The number of hydrogen-bond donors (Lipinski definition) is 7. The topological polar surface area (TPSA) is 395 Å². The minimum Gasteiger partial charge on any atom is -0.497 e. The van der Waals surface area contributed by atoms with Crippen molar-refractivity contribution in [2.75, 3.05) is 87.8 Å². The van der Waals surface area contributed by atoms with Crippen molar-refractivity contribution in [1.29, 1.82) is 26.3 Å². The van der Waals surface area contributed by atoms with Gasteiger partial charge in [-0.3, -0.25) is 15.4 Å². The first-order valence-electron chi connectivity index (χ1n) is 48.5. The number of hydrogen-bond acceptors (Lipinski definition) is 18. The number of fused-ring (bicyclic) bond motifs is 5. The molecule has 0 saturated carbocycles. The summed E-state index contributed by atoms with van der Waals surface area (Å²) >= 11 is 0. The number of rotatable bonds is 33. The average molecular weight is 1980 g/mol. The Bertz CT molecular complexity index is 7470. The van der Waals surface area contributed by atoms with E-state index in [1.165, 1.54) is 0 Å². The molecule has 0 aliphatic heterocycles. The maximum absolute atomic E-state index is 12.6. The summed E-state index contributed by atoms with van der Waals surface area (Å²) in [5.41, 5.74) is 20.7. The molecule has 146 heavy (non-hydrogen) atoms. The van der Waals surface area contributed by atoms with Crippen LogP contribution in [0.5, 0.6) is 28.7 Å². The molecule has 7 N–H and O–H groups in total. The van der Waals surface area contributed by atoms with E-state index in [0.29, 0.717) is 82.6 Å². The fourth-order valence-corrected chi connectivity index (χ4v) is 18.6. The summed E-state index contributed by atoms with van der Waals surface area (Å²) in [7, 11) is 4.62. The molecular weight excluding hydrogens is 1860 g/mol. The molecule has 16 aromatic rings. The summed E-state index contributed by atoms with van der Waals surface area (Å²) in [6.07, 6.45) is 4.41. The van der Waals surface area contributed by atoms with Crippen LogP contribution in [-0.2, 0) is 58.0 Å². The van der Waals surface area contributed by atoms with Gasteiger partial charge in [-0.15, -0.1) is 0 Å². The Morgan fingerprint density at radius 2 is 0.596 bits per heavy atom. The second kappa shape index (κ2) is 51.7. The van der Waals surface area contributed by atoms with Gasteiger partial charge in [0.1, 0.15) is 59.1 Å². The molecule has 0 unspecified atom stereocenters. The molecule has 0 spiro atoms.